The Bertz CT molecular complexity index is 1100. The molecule has 0 aliphatic heterocycles. The molecule has 21 nitrogen and oxygen atoms in total. The molecule has 0 saturated carbocycles. The largest absolute Gasteiger partial charge is 0.491 e. The molecule has 0 fully saturated rings. The summed E-state index contributed by atoms with van der Waals surface area (Å²) in [4.78, 5) is 0. The van der Waals surface area contributed by atoms with Crippen LogP contribution in [-0.4, -0.2) is 270 Å². The molecule has 71 heavy (non-hydrogen) atoms. The van der Waals surface area contributed by atoms with Crippen molar-refractivity contribution in [2.75, 3.05) is 264 Å². The third-order valence-corrected chi connectivity index (χ3v) is 9.14. The van der Waals surface area contributed by atoms with E-state index in [4.69, 9.17) is 99.5 Å². The van der Waals surface area contributed by atoms with Gasteiger partial charge in [-0.3, -0.25) is 0 Å². The SMILES string of the molecule is CCC(C)OCCOCCOCCOCCOCCOCCOCCOCCOCCOCCOCCOCCOCCOCCOCCOCCOCCOCCOCCOCCOc1ccccc1. The quantitative estimate of drug-likeness (QED) is 0.0863. The Morgan fingerprint density at radius 3 is 0.592 bits per heavy atom. The van der Waals surface area contributed by atoms with Crippen LogP contribution in [0.2, 0.25) is 0 Å². The van der Waals surface area contributed by atoms with Gasteiger partial charge in [0.15, 0.2) is 0 Å². The Balaban J connectivity index is 1.59. The number of benzene rings is 1. The fraction of sp³-hybridized carbons (Fsp3) is 0.880. The maximum atomic E-state index is 5.57. The van der Waals surface area contributed by atoms with Crippen molar-refractivity contribution in [1.82, 2.24) is 0 Å². The van der Waals surface area contributed by atoms with Crippen molar-refractivity contribution >= 4 is 0 Å². The van der Waals surface area contributed by atoms with Gasteiger partial charge in [0.2, 0.25) is 0 Å². The lowest BCUT2D eigenvalue weighted by Gasteiger charge is -2.11. The van der Waals surface area contributed by atoms with E-state index in [0.717, 1.165) is 12.2 Å². The van der Waals surface area contributed by atoms with Gasteiger partial charge in [-0.1, -0.05) is 25.1 Å². The average molecular weight is 1030 g/mol. The molecule has 1 aromatic rings. The molecule has 1 atom stereocenters. The fourth-order valence-corrected chi connectivity index (χ4v) is 5.22. The molecule has 21 heteroatoms. The van der Waals surface area contributed by atoms with E-state index < -0.39 is 0 Å². The van der Waals surface area contributed by atoms with Crippen LogP contribution in [0.15, 0.2) is 30.3 Å². The first-order valence-corrected chi connectivity index (χ1v) is 25.6. The molecule has 0 radical (unpaired) electrons. The van der Waals surface area contributed by atoms with Crippen molar-refractivity contribution in [3.05, 3.63) is 30.3 Å². The maximum absolute atomic E-state index is 5.57. The number of hydrogen-bond donors (Lipinski definition) is 0. The minimum absolute atomic E-state index is 0.275. The molecule has 420 valence electrons. The first-order chi connectivity index (χ1) is 35.3. The van der Waals surface area contributed by atoms with Gasteiger partial charge in [-0.05, 0) is 25.5 Å². The Kier molecular flexibility index (Phi) is 57.5. The van der Waals surface area contributed by atoms with Gasteiger partial charge in [0.25, 0.3) is 0 Å². The second-order valence-electron chi connectivity index (χ2n) is 14.9. The number of para-hydroxylation sites is 1. The molecule has 0 spiro atoms. The van der Waals surface area contributed by atoms with Gasteiger partial charge < -0.3 is 99.5 Å². The van der Waals surface area contributed by atoms with Gasteiger partial charge in [-0.25, -0.2) is 0 Å². The molecule has 1 rings (SSSR count). The average Bonchev–Trinajstić information content (AvgIpc) is 3.39. The van der Waals surface area contributed by atoms with E-state index >= 15 is 0 Å². The van der Waals surface area contributed by atoms with Crippen LogP contribution in [0.5, 0.6) is 5.75 Å². The van der Waals surface area contributed by atoms with Crippen molar-refractivity contribution in [3.8, 4) is 5.75 Å². The van der Waals surface area contributed by atoms with Crippen LogP contribution in [-0.2, 0) is 94.7 Å². The Morgan fingerprint density at radius 1 is 0.239 bits per heavy atom. The van der Waals surface area contributed by atoms with Gasteiger partial charge in [-0.15, -0.1) is 0 Å². The molecule has 0 aliphatic carbocycles. The van der Waals surface area contributed by atoms with Crippen LogP contribution in [0.3, 0.4) is 0 Å². The molecule has 0 amide bonds. The minimum atomic E-state index is 0.275. The van der Waals surface area contributed by atoms with Crippen molar-refractivity contribution in [3.63, 3.8) is 0 Å². The number of hydrogen-bond acceptors (Lipinski definition) is 21. The van der Waals surface area contributed by atoms with Crippen LogP contribution in [0.1, 0.15) is 20.3 Å². The van der Waals surface area contributed by atoms with Crippen molar-refractivity contribution in [2.45, 2.75) is 26.4 Å². The summed E-state index contributed by atoms with van der Waals surface area (Å²) in [6, 6.07) is 9.67. The minimum Gasteiger partial charge on any atom is -0.491 e. The van der Waals surface area contributed by atoms with Crippen molar-refractivity contribution < 1.29 is 99.5 Å². The highest BCUT2D eigenvalue weighted by Crippen LogP contribution is 2.07. The van der Waals surface area contributed by atoms with E-state index in [2.05, 4.69) is 13.8 Å². The fourth-order valence-electron chi connectivity index (χ4n) is 5.22. The van der Waals surface area contributed by atoms with E-state index in [-0.39, 0.29) is 6.10 Å². The zero-order valence-electron chi connectivity index (χ0n) is 43.5. The topological polar surface area (TPSA) is 194 Å². The standard InChI is InChI=1S/C50H94O21/c1-3-49(2)70-47-45-68-43-41-66-39-37-64-35-33-62-31-29-60-27-25-58-23-21-56-19-17-54-15-13-52-11-9-51-10-12-53-14-16-55-18-20-57-22-24-59-26-28-61-30-32-63-34-36-65-38-40-67-42-44-69-46-48-71-50-7-5-4-6-8-50/h4-8,49H,3,9-48H2,1-2H3. The number of rotatable bonds is 63. The van der Waals surface area contributed by atoms with Gasteiger partial charge in [-0.2, -0.15) is 0 Å². The van der Waals surface area contributed by atoms with E-state index in [1.165, 1.54) is 0 Å². The summed E-state index contributed by atoms with van der Waals surface area (Å²) in [6.45, 7) is 24.5. The lowest BCUT2D eigenvalue weighted by Crippen LogP contribution is -2.16. The van der Waals surface area contributed by atoms with Gasteiger partial charge >= 0.3 is 0 Å². The zero-order chi connectivity index (χ0) is 50.5. The Morgan fingerprint density at radius 2 is 0.408 bits per heavy atom. The zero-order valence-corrected chi connectivity index (χ0v) is 43.5. The molecule has 0 heterocycles. The second-order valence-corrected chi connectivity index (χ2v) is 14.9. The van der Waals surface area contributed by atoms with E-state index in [9.17, 15) is 0 Å². The summed E-state index contributed by atoms with van der Waals surface area (Å²) in [7, 11) is 0. The maximum Gasteiger partial charge on any atom is 0.119 e. The highest BCUT2D eigenvalue weighted by atomic mass is 16.6. The Labute approximate surface area is 425 Å². The molecule has 0 aromatic heterocycles. The van der Waals surface area contributed by atoms with Crippen LogP contribution in [0.25, 0.3) is 0 Å². The normalized spacial score (nSPS) is 12.1. The van der Waals surface area contributed by atoms with Crippen LogP contribution in [0, 0.1) is 0 Å². The van der Waals surface area contributed by atoms with E-state index in [1.807, 2.05) is 30.3 Å². The van der Waals surface area contributed by atoms with Crippen LogP contribution < -0.4 is 4.74 Å². The van der Waals surface area contributed by atoms with Gasteiger partial charge in [0.05, 0.1) is 264 Å². The van der Waals surface area contributed by atoms with Crippen molar-refractivity contribution in [1.29, 1.82) is 0 Å². The van der Waals surface area contributed by atoms with E-state index in [0.29, 0.717) is 264 Å². The predicted octanol–water partition coefficient (Wildman–Crippen LogP) is 3.20. The molecule has 1 aromatic carbocycles. The summed E-state index contributed by atoms with van der Waals surface area (Å²) in [6.07, 6.45) is 1.28. The molecular weight excluding hydrogens is 937 g/mol. The summed E-state index contributed by atoms with van der Waals surface area (Å²) in [5.41, 5.74) is 0. The second kappa shape index (κ2) is 60.8. The third-order valence-electron chi connectivity index (χ3n) is 9.14. The Hall–Kier alpha value is -1.78. The van der Waals surface area contributed by atoms with Gasteiger partial charge in [0.1, 0.15) is 12.4 Å². The molecule has 0 N–H and O–H groups in total. The highest BCUT2D eigenvalue weighted by molar-refractivity contribution is 5.20. The lowest BCUT2D eigenvalue weighted by molar-refractivity contribution is -0.0319. The first-order valence-electron chi connectivity index (χ1n) is 25.6. The molecule has 0 saturated heterocycles. The van der Waals surface area contributed by atoms with Crippen LogP contribution in [0.4, 0.5) is 0 Å². The predicted molar refractivity (Wildman–Crippen MR) is 263 cm³/mol. The molecular formula is C50H94O21. The summed E-state index contributed by atoms with van der Waals surface area (Å²) in [5, 5.41) is 0. The smallest absolute Gasteiger partial charge is 0.119 e. The highest BCUT2D eigenvalue weighted by Gasteiger charge is 2.01. The first kappa shape index (κ1) is 67.2. The number of ether oxygens (including phenoxy) is 21. The van der Waals surface area contributed by atoms with Crippen LogP contribution >= 0.6 is 0 Å². The van der Waals surface area contributed by atoms with Gasteiger partial charge in [0, 0.05) is 0 Å². The summed E-state index contributed by atoms with van der Waals surface area (Å²) >= 11 is 0. The monoisotopic (exact) mass is 1030 g/mol. The summed E-state index contributed by atoms with van der Waals surface area (Å²) in [5.74, 6) is 0.840. The van der Waals surface area contributed by atoms with Crippen molar-refractivity contribution in [2.24, 2.45) is 0 Å². The van der Waals surface area contributed by atoms with E-state index in [1.54, 1.807) is 0 Å². The molecule has 0 bridgehead atoms. The molecule has 1 unspecified atom stereocenters. The summed E-state index contributed by atoms with van der Waals surface area (Å²) < 4.78 is 116. The lowest BCUT2D eigenvalue weighted by atomic mass is 10.3. The molecule has 0 aliphatic rings. The third kappa shape index (κ3) is 57.4.